The van der Waals surface area contributed by atoms with E-state index in [2.05, 4.69) is 5.32 Å². The van der Waals surface area contributed by atoms with Crippen molar-refractivity contribution >= 4 is 46.8 Å². The van der Waals surface area contributed by atoms with Gasteiger partial charge >= 0.3 is 0 Å². The fourth-order valence-corrected chi connectivity index (χ4v) is 5.40. The molecule has 2 aromatic carbocycles. The molecule has 0 spiro atoms. The summed E-state index contributed by atoms with van der Waals surface area (Å²) in [5.41, 5.74) is 1.14. The van der Waals surface area contributed by atoms with Crippen molar-refractivity contribution in [3.63, 3.8) is 0 Å². The summed E-state index contributed by atoms with van der Waals surface area (Å²) in [6, 6.07) is 11.3. The molecule has 1 aliphatic rings. The van der Waals surface area contributed by atoms with Crippen LogP contribution in [0.25, 0.3) is 0 Å². The molecule has 3 rings (SSSR count). The second-order valence-corrected chi connectivity index (χ2v) is 10.1. The summed E-state index contributed by atoms with van der Waals surface area (Å²) in [6.07, 6.45) is 5.35. The van der Waals surface area contributed by atoms with Crippen molar-refractivity contribution in [2.45, 2.75) is 63.4 Å². The van der Waals surface area contributed by atoms with E-state index >= 15 is 0 Å². The molecule has 4 nitrogen and oxygen atoms in total. The van der Waals surface area contributed by atoms with Crippen molar-refractivity contribution in [2.24, 2.45) is 0 Å². The molecule has 1 atom stereocenters. The lowest BCUT2D eigenvalue weighted by Gasteiger charge is -2.31. The van der Waals surface area contributed by atoms with Crippen LogP contribution in [-0.2, 0) is 21.9 Å². The number of nitrogens with one attached hydrogen (secondary N) is 1. The summed E-state index contributed by atoms with van der Waals surface area (Å²) in [7, 11) is 0. The number of rotatable bonds is 9. The largest absolute Gasteiger partial charge is 0.352 e. The van der Waals surface area contributed by atoms with Gasteiger partial charge in [-0.2, -0.15) is 0 Å². The zero-order valence-corrected chi connectivity index (χ0v) is 21.0. The fraction of sp³-hybridized carbons (Fsp3) is 0.440. The van der Waals surface area contributed by atoms with Crippen molar-refractivity contribution in [1.29, 1.82) is 0 Å². The molecule has 0 saturated heterocycles. The van der Waals surface area contributed by atoms with Crippen molar-refractivity contribution in [2.75, 3.05) is 5.75 Å². The number of hydrogen-bond donors (Lipinski definition) is 1. The van der Waals surface area contributed by atoms with Crippen LogP contribution in [0, 0.1) is 5.82 Å². The Morgan fingerprint density at radius 1 is 1.09 bits per heavy atom. The first-order valence-corrected chi connectivity index (χ1v) is 13.1. The lowest BCUT2D eigenvalue weighted by Crippen LogP contribution is -2.50. The average molecular weight is 511 g/mol. The summed E-state index contributed by atoms with van der Waals surface area (Å²) in [4.78, 5) is 27.8. The van der Waals surface area contributed by atoms with E-state index in [4.69, 9.17) is 23.2 Å². The molecule has 2 aromatic rings. The first-order chi connectivity index (χ1) is 15.9. The van der Waals surface area contributed by atoms with Gasteiger partial charge < -0.3 is 10.2 Å². The Morgan fingerprint density at radius 2 is 1.79 bits per heavy atom. The van der Waals surface area contributed by atoms with Gasteiger partial charge in [0.2, 0.25) is 11.8 Å². The second kappa shape index (κ2) is 12.6. The predicted molar refractivity (Wildman–Crippen MR) is 134 cm³/mol. The van der Waals surface area contributed by atoms with E-state index in [0.29, 0.717) is 15.6 Å². The highest BCUT2D eigenvalue weighted by atomic mass is 35.5. The number of hydrogen-bond acceptors (Lipinski definition) is 3. The molecule has 0 unspecified atom stereocenters. The van der Waals surface area contributed by atoms with Crippen LogP contribution in [0.3, 0.4) is 0 Å². The Morgan fingerprint density at radius 3 is 2.48 bits per heavy atom. The smallest absolute Gasteiger partial charge is 0.242 e. The topological polar surface area (TPSA) is 49.4 Å². The van der Waals surface area contributed by atoms with Crippen LogP contribution in [0.15, 0.2) is 42.5 Å². The molecule has 178 valence electrons. The van der Waals surface area contributed by atoms with Crippen LogP contribution in [0.5, 0.6) is 0 Å². The molecule has 1 fully saturated rings. The standard InChI is InChI=1S/C25H29Cl2FN2O2S/c1-17(25(32)29-19-9-3-2-4-10-19)30(14-18-8-5-6-11-21(18)26)24(31)16-33-15-20-22(27)12-7-13-23(20)28/h5-8,11-13,17,19H,2-4,9-10,14-16H2,1H3,(H,29,32)/t17-/m1/s1. The van der Waals surface area contributed by atoms with E-state index in [-0.39, 0.29) is 35.9 Å². The highest BCUT2D eigenvalue weighted by molar-refractivity contribution is 7.99. The molecule has 0 bridgehead atoms. The Kier molecular flexibility index (Phi) is 9.90. The predicted octanol–water partition coefficient (Wildman–Crippen LogP) is 6.23. The monoisotopic (exact) mass is 510 g/mol. The third-order valence-electron chi connectivity index (χ3n) is 5.95. The van der Waals surface area contributed by atoms with Crippen LogP contribution in [0.1, 0.15) is 50.2 Å². The van der Waals surface area contributed by atoms with E-state index in [1.54, 1.807) is 30.0 Å². The fourth-order valence-electron chi connectivity index (χ4n) is 3.96. The van der Waals surface area contributed by atoms with Gasteiger partial charge in [-0.1, -0.05) is 66.7 Å². The van der Waals surface area contributed by atoms with Crippen molar-refractivity contribution in [3.05, 3.63) is 69.5 Å². The van der Waals surface area contributed by atoms with Crippen molar-refractivity contribution in [1.82, 2.24) is 10.2 Å². The van der Waals surface area contributed by atoms with Gasteiger partial charge in [0.05, 0.1) is 5.75 Å². The van der Waals surface area contributed by atoms with E-state index in [0.717, 1.165) is 31.2 Å². The average Bonchev–Trinajstić information content (AvgIpc) is 2.80. The molecular formula is C25H29Cl2FN2O2S. The summed E-state index contributed by atoms with van der Waals surface area (Å²) in [5.74, 6) is -0.408. The highest BCUT2D eigenvalue weighted by Gasteiger charge is 2.28. The Labute approximate surface area is 209 Å². The van der Waals surface area contributed by atoms with Crippen molar-refractivity contribution in [3.8, 4) is 0 Å². The lowest BCUT2D eigenvalue weighted by molar-refractivity contribution is -0.139. The van der Waals surface area contributed by atoms with Gasteiger partial charge in [-0.15, -0.1) is 11.8 Å². The van der Waals surface area contributed by atoms with Crippen LogP contribution >= 0.6 is 35.0 Å². The van der Waals surface area contributed by atoms with Gasteiger partial charge in [0.1, 0.15) is 11.9 Å². The molecule has 33 heavy (non-hydrogen) atoms. The van der Waals surface area contributed by atoms with Crippen molar-refractivity contribution < 1.29 is 14.0 Å². The van der Waals surface area contributed by atoms with E-state index in [1.807, 2.05) is 18.2 Å². The zero-order valence-electron chi connectivity index (χ0n) is 18.7. The third kappa shape index (κ3) is 7.36. The first-order valence-electron chi connectivity index (χ1n) is 11.2. The first kappa shape index (κ1) is 25.9. The molecule has 0 aromatic heterocycles. The minimum absolute atomic E-state index is 0.0934. The summed E-state index contributed by atoms with van der Waals surface area (Å²) >= 11 is 13.7. The Bertz CT molecular complexity index is 949. The Balaban J connectivity index is 1.69. The quantitative estimate of drug-likeness (QED) is 0.434. The van der Waals surface area contributed by atoms with Gasteiger partial charge in [-0.3, -0.25) is 9.59 Å². The van der Waals surface area contributed by atoms with Gasteiger partial charge in [-0.05, 0) is 43.5 Å². The number of benzene rings is 2. The summed E-state index contributed by atoms with van der Waals surface area (Å²) in [5, 5.41) is 3.99. The van der Waals surface area contributed by atoms with Crippen LogP contribution in [0.4, 0.5) is 4.39 Å². The minimum Gasteiger partial charge on any atom is -0.352 e. The maximum absolute atomic E-state index is 14.1. The Hall–Kier alpha value is -1.76. The molecule has 1 N–H and O–H groups in total. The molecule has 1 saturated carbocycles. The normalized spacial score (nSPS) is 15.2. The van der Waals surface area contributed by atoms with Crippen LogP contribution < -0.4 is 5.32 Å². The molecule has 0 radical (unpaired) electrons. The third-order valence-corrected chi connectivity index (χ3v) is 7.62. The number of carbonyl (C=O) groups excluding carboxylic acids is 2. The van der Waals surface area contributed by atoms with Gasteiger partial charge in [-0.25, -0.2) is 4.39 Å². The van der Waals surface area contributed by atoms with Crippen LogP contribution in [-0.4, -0.2) is 34.6 Å². The van der Waals surface area contributed by atoms with E-state index < -0.39 is 11.9 Å². The number of carbonyl (C=O) groups is 2. The highest BCUT2D eigenvalue weighted by Crippen LogP contribution is 2.25. The maximum Gasteiger partial charge on any atom is 0.242 e. The van der Waals surface area contributed by atoms with Crippen LogP contribution in [0.2, 0.25) is 10.0 Å². The number of amides is 2. The molecule has 1 aliphatic carbocycles. The number of thioether (sulfide) groups is 1. The summed E-state index contributed by atoms with van der Waals surface area (Å²) < 4.78 is 14.1. The maximum atomic E-state index is 14.1. The number of halogens is 3. The number of nitrogens with zero attached hydrogens (tertiary/aromatic N) is 1. The molecule has 0 heterocycles. The second-order valence-electron chi connectivity index (χ2n) is 8.33. The molecular weight excluding hydrogens is 482 g/mol. The zero-order chi connectivity index (χ0) is 23.8. The molecule has 0 aliphatic heterocycles. The van der Waals surface area contributed by atoms with E-state index in [1.165, 1.54) is 24.2 Å². The van der Waals surface area contributed by atoms with Gasteiger partial charge in [0, 0.05) is 33.9 Å². The van der Waals surface area contributed by atoms with Gasteiger partial charge in [0.15, 0.2) is 0 Å². The van der Waals surface area contributed by atoms with E-state index in [9.17, 15) is 14.0 Å². The SMILES string of the molecule is C[C@H](C(=O)NC1CCCCC1)N(Cc1ccccc1Cl)C(=O)CSCc1c(F)cccc1Cl. The minimum atomic E-state index is -0.659. The molecule has 8 heteroatoms. The van der Waals surface area contributed by atoms with Gasteiger partial charge in [0.25, 0.3) is 0 Å². The summed E-state index contributed by atoms with van der Waals surface area (Å²) in [6.45, 7) is 1.96. The lowest BCUT2D eigenvalue weighted by atomic mass is 9.95. The molecule has 2 amide bonds.